The highest BCUT2D eigenvalue weighted by molar-refractivity contribution is 7.91. The summed E-state index contributed by atoms with van der Waals surface area (Å²) in [6.45, 7) is 1.79. The van der Waals surface area contributed by atoms with Crippen molar-refractivity contribution in [1.29, 1.82) is 0 Å². The number of halogens is 1. The molecule has 30 heavy (non-hydrogen) atoms. The van der Waals surface area contributed by atoms with Gasteiger partial charge in [0.15, 0.2) is 9.84 Å². The Morgan fingerprint density at radius 1 is 1.17 bits per heavy atom. The highest BCUT2D eigenvalue weighted by atomic mass is 35.5. The van der Waals surface area contributed by atoms with Crippen LogP contribution in [0.25, 0.3) is 11.5 Å². The molecule has 158 valence electrons. The number of carbonyl (C=O) groups is 1. The van der Waals surface area contributed by atoms with Crippen molar-refractivity contribution in [3.05, 3.63) is 70.6 Å². The normalized spacial score (nSPS) is 11.3. The van der Waals surface area contributed by atoms with Crippen LogP contribution in [-0.4, -0.2) is 32.2 Å². The standard InChI is InChI=1S/C21H21ClN2O5S/c1-14-19(24-21(29-14)15-7-9-17(28-2)10-8-15)12-30(26,27)13-20(25)23-11-16-5-3-4-6-18(16)22/h3-10H,11-13H2,1-2H3,(H,23,25). The monoisotopic (exact) mass is 448 g/mol. The van der Waals surface area contributed by atoms with Crippen molar-refractivity contribution in [1.82, 2.24) is 10.3 Å². The zero-order chi connectivity index (χ0) is 21.7. The molecule has 0 atom stereocenters. The van der Waals surface area contributed by atoms with E-state index in [-0.39, 0.29) is 12.2 Å². The van der Waals surface area contributed by atoms with Crippen LogP contribution in [0.4, 0.5) is 0 Å². The predicted molar refractivity (Wildman–Crippen MR) is 114 cm³/mol. The highest BCUT2D eigenvalue weighted by Gasteiger charge is 2.22. The Kier molecular flexibility index (Phi) is 6.79. The number of methoxy groups -OCH3 is 1. The number of nitrogens with zero attached hydrogens (tertiary/aromatic N) is 1. The minimum Gasteiger partial charge on any atom is -0.497 e. The Hall–Kier alpha value is -2.84. The Morgan fingerprint density at radius 2 is 1.87 bits per heavy atom. The van der Waals surface area contributed by atoms with Crippen LogP contribution in [0.5, 0.6) is 5.75 Å². The van der Waals surface area contributed by atoms with Crippen molar-refractivity contribution >= 4 is 27.3 Å². The third kappa shape index (κ3) is 5.61. The van der Waals surface area contributed by atoms with Crippen LogP contribution in [0.2, 0.25) is 5.02 Å². The quantitative estimate of drug-likeness (QED) is 0.566. The zero-order valence-corrected chi connectivity index (χ0v) is 18.1. The minimum absolute atomic E-state index is 0.151. The molecular weight excluding hydrogens is 428 g/mol. The van der Waals surface area contributed by atoms with Gasteiger partial charge in [-0.05, 0) is 42.8 Å². The van der Waals surface area contributed by atoms with Gasteiger partial charge < -0.3 is 14.5 Å². The lowest BCUT2D eigenvalue weighted by Gasteiger charge is -2.07. The molecule has 0 aliphatic heterocycles. The molecule has 0 fully saturated rings. The molecule has 3 rings (SSSR count). The third-order valence-electron chi connectivity index (χ3n) is 4.37. The van der Waals surface area contributed by atoms with Gasteiger partial charge in [0.05, 0.1) is 18.6 Å². The van der Waals surface area contributed by atoms with Gasteiger partial charge in [0, 0.05) is 17.1 Å². The lowest BCUT2D eigenvalue weighted by atomic mass is 10.2. The van der Waals surface area contributed by atoms with E-state index < -0.39 is 27.3 Å². The first-order chi connectivity index (χ1) is 14.3. The SMILES string of the molecule is COc1ccc(-c2nc(CS(=O)(=O)CC(=O)NCc3ccccc3Cl)c(C)o2)cc1. The van der Waals surface area contributed by atoms with Gasteiger partial charge in [0.2, 0.25) is 11.8 Å². The average molecular weight is 449 g/mol. The molecule has 0 aliphatic rings. The molecule has 0 spiro atoms. The number of carbonyl (C=O) groups excluding carboxylic acids is 1. The van der Waals surface area contributed by atoms with Crippen LogP contribution in [-0.2, 0) is 26.9 Å². The Morgan fingerprint density at radius 3 is 2.53 bits per heavy atom. The number of hydrogen-bond acceptors (Lipinski definition) is 6. The summed E-state index contributed by atoms with van der Waals surface area (Å²) < 4.78 is 35.7. The van der Waals surface area contributed by atoms with Gasteiger partial charge in [-0.25, -0.2) is 13.4 Å². The second-order valence-electron chi connectivity index (χ2n) is 6.65. The van der Waals surface area contributed by atoms with Crippen LogP contribution in [0, 0.1) is 6.92 Å². The smallest absolute Gasteiger partial charge is 0.235 e. The van der Waals surface area contributed by atoms with Gasteiger partial charge in [0.25, 0.3) is 0 Å². The van der Waals surface area contributed by atoms with E-state index in [9.17, 15) is 13.2 Å². The Bertz CT molecular complexity index is 1140. The van der Waals surface area contributed by atoms with Gasteiger partial charge in [-0.2, -0.15) is 0 Å². The second-order valence-corrected chi connectivity index (χ2v) is 9.12. The van der Waals surface area contributed by atoms with Crippen LogP contribution in [0.3, 0.4) is 0 Å². The van der Waals surface area contributed by atoms with Crippen molar-refractivity contribution < 1.29 is 22.4 Å². The van der Waals surface area contributed by atoms with E-state index in [1.54, 1.807) is 62.6 Å². The van der Waals surface area contributed by atoms with Gasteiger partial charge in [-0.3, -0.25) is 4.79 Å². The summed E-state index contributed by atoms with van der Waals surface area (Å²) in [5.41, 5.74) is 1.68. The number of benzene rings is 2. The molecule has 9 heteroatoms. The van der Waals surface area contributed by atoms with E-state index in [0.29, 0.717) is 33.6 Å². The van der Waals surface area contributed by atoms with Crippen LogP contribution < -0.4 is 10.1 Å². The molecular formula is C21H21ClN2O5S. The van der Waals surface area contributed by atoms with Crippen LogP contribution >= 0.6 is 11.6 Å². The minimum atomic E-state index is -3.74. The number of nitrogens with one attached hydrogen (secondary N) is 1. The molecule has 0 aliphatic carbocycles. The van der Waals surface area contributed by atoms with E-state index in [1.165, 1.54) is 0 Å². The molecule has 3 aromatic rings. The fourth-order valence-corrected chi connectivity index (χ4v) is 4.26. The fraction of sp³-hybridized carbons (Fsp3) is 0.238. The summed E-state index contributed by atoms with van der Waals surface area (Å²) >= 11 is 6.04. The summed E-state index contributed by atoms with van der Waals surface area (Å²) in [4.78, 5) is 16.4. The maximum atomic E-state index is 12.5. The first kappa shape index (κ1) is 21.9. The van der Waals surface area contributed by atoms with E-state index in [4.69, 9.17) is 20.8 Å². The fourth-order valence-electron chi connectivity index (χ4n) is 2.76. The molecule has 1 aromatic heterocycles. The van der Waals surface area contributed by atoms with Gasteiger partial charge in [-0.1, -0.05) is 29.8 Å². The van der Waals surface area contributed by atoms with Gasteiger partial charge in [-0.15, -0.1) is 0 Å². The summed E-state index contributed by atoms with van der Waals surface area (Å²) in [7, 11) is -2.17. The van der Waals surface area contributed by atoms with Crippen LogP contribution in [0.1, 0.15) is 17.0 Å². The topological polar surface area (TPSA) is 98.5 Å². The maximum absolute atomic E-state index is 12.5. The molecule has 0 saturated heterocycles. The van der Waals surface area contributed by atoms with E-state index >= 15 is 0 Å². The largest absolute Gasteiger partial charge is 0.497 e. The van der Waals surface area contributed by atoms with Gasteiger partial charge >= 0.3 is 0 Å². The highest BCUT2D eigenvalue weighted by Crippen LogP contribution is 2.25. The van der Waals surface area contributed by atoms with Crippen molar-refractivity contribution in [2.45, 2.75) is 19.2 Å². The number of aryl methyl sites for hydroxylation is 1. The maximum Gasteiger partial charge on any atom is 0.235 e. The van der Waals surface area contributed by atoms with E-state index in [0.717, 1.165) is 0 Å². The Balaban J connectivity index is 1.64. The first-order valence-electron chi connectivity index (χ1n) is 9.08. The number of sulfone groups is 1. The molecule has 0 unspecified atom stereocenters. The van der Waals surface area contributed by atoms with E-state index in [2.05, 4.69) is 10.3 Å². The first-order valence-corrected chi connectivity index (χ1v) is 11.3. The number of oxazole rings is 1. The Labute approximate surface area is 180 Å². The second kappa shape index (κ2) is 9.32. The molecule has 1 N–H and O–H groups in total. The molecule has 0 saturated carbocycles. The summed E-state index contributed by atoms with van der Waals surface area (Å²) in [5, 5.41) is 3.08. The number of amides is 1. The predicted octanol–water partition coefficient (Wildman–Crippen LogP) is 3.54. The molecule has 7 nitrogen and oxygen atoms in total. The zero-order valence-electron chi connectivity index (χ0n) is 16.5. The number of ether oxygens (including phenoxy) is 1. The lowest BCUT2D eigenvalue weighted by Crippen LogP contribution is -2.30. The number of aromatic nitrogens is 1. The average Bonchev–Trinajstić information content (AvgIpc) is 3.06. The van der Waals surface area contributed by atoms with Gasteiger partial charge in [0.1, 0.15) is 17.3 Å². The summed E-state index contributed by atoms with van der Waals surface area (Å²) in [6, 6.07) is 14.1. The lowest BCUT2D eigenvalue weighted by molar-refractivity contribution is -0.118. The van der Waals surface area contributed by atoms with Crippen molar-refractivity contribution in [3.8, 4) is 17.2 Å². The van der Waals surface area contributed by atoms with Crippen molar-refractivity contribution in [3.63, 3.8) is 0 Å². The molecule has 1 heterocycles. The molecule has 1 amide bonds. The molecule has 2 aromatic carbocycles. The third-order valence-corrected chi connectivity index (χ3v) is 6.16. The number of rotatable bonds is 8. The molecule has 0 bridgehead atoms. The summed E-state index contributed by atoms with van der Waals surface area (Å²) in [5.74, 6) is -0.261. The van der Waals surface area contributed by atoms with Crippen molar-refractivity contribution in [2.24, 2.45) is 0 Å². The molecule has 0 radical (unpaired) electrons. The van der Waals surface area contributed by atoms with Crippen molar-refractivity contribution in [2.75, 3.05) is 12.9 Å². The van der Waals surface area contributed by atoms with Crippen LogP contribution in [0.15, 0.2) is 52.9 Å². The van der Waals surface area contributed by atoms with E-state index in [1.807, 2.05) is 0 Å². The number of hydrogen-bond donors (Lipinski definition) is 1. The summed E-state index contributed by atoms with van der Waals surface area (Å²) in [6.07, 6.45) is 0.